The minimum Gasteiger partial charge on any atom is -0.467 e. The van der Waals surface area contributed by atoms with Gasteiger partial charge in [-0.25, -0.2) is 0 Å². The number of furan rings is 1. The minimum atomic E-state index is -0.528. The van der Waals surface area contributed by atoms with Crippen molar-refractivity contribution in [1.82, 2.24) is 10.6 Å². The number of rotatable bonds is 5. The van der Waals surface area contributed by atoms with Crippen molar-refractivity contribution >= 4 is 11.8 Å². The van der Waals surface area contributed by atoms with Gasteiger partial charge in [-0.15, -0.1) is 0 Å². The molecule has 0 spiro atoms. The summed E-state index contributed by atoms with van der Waals surface area (Å²) in [7, 11) is 0. The van der Waals surface area contributed by atoms with E-state index in [0.29, 0.717) is 5.76 Å². The van der Waals surface area contributed by atoms with Crippen LogP contribution >= 0.6 is 0 Å². The third-order valence-corrected chi connectivity index (χ3v) is 2.64. The molecule has 2 amide bonds. The molecular formula is C13H20N2O3. The van der Waals surface area contributed by atoms with E-state index in [2.05, 4.69) is 10.6 Å². The molecule has 1 rings (SSSR count). The Morgan fingerprint density at radius 1 is 1.22 bits per heavy atom. The molecule has 1 aromatic rings. The van der Waals surface area contributed by atoms with Crippen LogP contribution in [-0.4, -0.2) is 17.9 Å². The summed E-state index contributed by atoms with van der Waals surface area (Å²) in [6, 6.07) is 2.82. The van der Waals surface area contributed by atoms with Crippen molar-refractivity contribution in [3.8, 4) is 0 Å². The Bertz CT molecular complexity index is 398. The highest BCUT2D eigenvalue weighted by Gasteiger charge is 2.24. The second-order valence-electron chi connectivity index (χ2n) is 4.67. The lowest BCUT2D eigenvalue weighted by Gasteiger charge is -2.22. The maximum Gasteiger partial charge on any atom is 0.243 e. The number of amides is 2. The van der Waals surface area contributed by atoms with Crippen LogP contribution < -0.4 is 10.6 Å². The zero-order valence-electron chi connectivity index (χ0n) is 11.2. The van der Waals surface area contributed by atoms with E-state index < -0.39 is 6.04 Å². The van der Waals surface area contributed by atoms with E-state index in [0.717, 1.165) is 0 Å². The fourth-order valence-electron chi connectivity index (χ4n) is 1.67. The van der Waals surface area contributed by atoms with Gasteiger partial charge in [-0.1, -0.05) is 13.8 Å². The van der Waals surface area contributed by atoms with Crippen LogP contribution in [0.5, 0.6) is 0 Å². The van der Waals surface area contributed by atoms with Crippen LogP contribution in [0, 0.1) is 5.92 Å². The average Bonchev–Trinajstić information content (AvgIpc) is 2.78. The summed E-state index contributed by atoms with van der Waals surface area (Å²) in [5.74, 6) is 0.296. The number of carbonyl (C=O) groups is 2. The SMILES string of the molecule is CC(=O)N[C@H](C(=O)N[C@@H](C)c1ccco1)C(C)C. The van der Waals surface area contributed by atoms with Crippen molar-refractivity contribution in [2.24, 2.45) is 5.92 Å². The fraction of sp³-hybridized carbons (Fsp3) is 0.538. The van der Waals surface area contributed by atoms with E-state index in [1.165, 1.54) is 6.92 Å². The van der Waals surface area contributed by atoms with Crippen LogP contribution in [0.3, 0.4) is 0 Å². The summed E-state index contributed by atoms with van der Waals surface area (Å²) in [5, 5.41) is 5.47. The van der Waals surface area contributed by atoms with Crippen LogP contribution in [0.4, 0.5) is 0 Å². The first kappa shape index (κ1) is 14.3. The van der Waals surface area contributed by atoms with Gasteiger partial charge in [-0.2, -0.15) is 0 Å². The summed E-state index contributed by atoms with van der Waals surface area (Å²) in [5.41, 5.74) is 0. The van der Waals surface area contributed by atoms with E-state index in [1.807, 2.05) is 20.8 Å². The van der Waals surface area contributed by atoms with Crippen LogP contribution in [-0.2, 0) is 9.59 Å². The standard InChI is InChI=1S/C13H20N2O3/c1-8(2)12(15-10(4)16)13(17)14-9(3)11-6-5-7-18-11/h5-9,12H,1-4H3,(H,14,17)(H,15,16)/t9-,12-/m0/s1. The lowest BCUT2D eigenvalue weighted by atomic mass is 10.0. The van der Waals surface area contributed by atoms with Crippen molar-refractivity contribution in [3.05, 3.63) is 24.2 Å². The second-order valence-corrected chi connectivity index (χ2v) is 4.67. The summed E-state index contributed by atoms with van der Waals surface area (Å²) in [6.45, 7) is 7.01. The zero-order valence-corrected chi connectivity index (χ0v) is 11.2. The van der Waals surface area contributed by atoms with E-state index in [-0.39, 0.29) is 23.8 Å². The Balaban J connectivity index is 2.64. The predicted molar refractivity (Wildman–Crippen MR) is 67.7 cm³/mol. The first-order valence-corrected chi connectivity index (χ1v) is 6.02. The maximum atomic E-state index is 12.1. The zero-order chi connectivity index (χ0) is 13.7. The molecule has 2 atom stereocenters. The van der Waals surface area contributed by atoms with Crippen molar-refractivity contribution in [2.75, 3.05) is 0 Å². The van der Waals surface area contributed by atoms with E-state index in [9.17, 15) is 9.59 Å². The highest BCUT2D eigenvalue weighted by atomic mass is 16.3. The van der Waals surface area contributed by atoms with Crippen molar-refractivity contribution < 1.29 is 14.0 Å². The average molecular weight is 252 g/mol. The molecular weight excluding hydrogens is 232 g/mol. The molecule has 0 aliphatic carbocycles. The van der Waals surface area contributed by atoms with E-state index >= 15 is 0 Å². The number of nitrogens with one attached hydrogen (secondary N) is 2. The molecule has 0 aliphatic rings. The minimum absolute atomic E-state index is 0.0256. The van der Waals surface area contributed by atoms with Crippen LogP contribution in [0.2, 0.25) is 0 Å². The van der Waals surface area contributed by atoms with Crippen molar-refractivity contribution in [2.45, 2.75) is 39.8 Å². The lowest BCUT2D eigenvalue weighted by Crippen LogP contribution is -2.49. The molecule has 18 heavy (non-hydrogen) atoms. The van der Waals surface area contributed by atoms with Crippen LogP contribution in [0.25, 0.3) is 0 Å². The molecule has 0 bridgehead atoms. The van der Waals surface area contributed by atoms with Gasteiger partial charge in [0.2, 0.25) is 11.8 Å². The Morgan fingerprint density at radius 2 is 1.89 bits per heavy atom. The van der Waals surface area contributed by atoms with Crippen LogP contribution in [0.15, 0.2) is 22.8 Å². The predicted octanol–water partition coefficient (Wildman–Crippen LogP) is 1.62. The number of hydrogen-bond acceptors (Lipinski definition) is 3. The first-order valence-electron chi connectivity index (χ1n) is 6.02. The highest BCUT2D eigenvalue weighted by molar-refractivity contribution is 5.87. The van der Waals surface area contributed by atoms with Gasteiger partial charge < -0.3 is 15.1 Å². The maximum absolute atomic E-state index is 12.1. The van der Waals surface area contributed by atoms with Gasteiger partial charge in [0.1, 0.15) is 11.8 Å². The molecule has 0 aromatic carbocycles. The van der Waals surface area contributed by atoms with Gasteiger partial charge in [-0.05, 0) is 25.0 Å². The van der Waals surface area contributed by atoms with Gasteiger partial charge in [-0.3, -0.25) is 9.59 Å². The topological polar surface area (TPSA) is 71.3 Å². The molecule has 5 heteroatoms. The lowest BCUT2D eigenvalue weighted by molar-refractivity contribution is -0.129. The Kier molecular flexibility index (Phi) is 4.95. The molecule has 1 aromatic heterocycles. The summed E-state index contributed by atoms with van der Waals surface area (Å²) in [4.78, 5) is 23.1. The Labute approximate surface area is 107 Å². The van der Waals surface area contributed by atoms with Crippen LogP contribution in [0.1, 0.15) is 39.5 Å². The fourth-order valence-corrected chi connectivity index (χ4v) is 1.67. The summed E-state index contributed by atoms with van der Waals surface area (Å²) in [6.07, 6.45) is 1.56. The monoisotopic (exact) mass is 252 g/mol. The van der Waals surface area contributed by atoms with Gasteiger partial charge in [0, 0.05) is 6.92 Å². The molecule has 0 saturated carbocycles. The summed E-state index contributed by atoms with van der Waals surface area (Å²) < 4.78 is 5.22. The van der Waals surface area contributed by atoms with Gasteiger partial charge in [0.05, 0.1) is 12.3 Å². The largest absolute Gasteiger partial charge is 0.467 e. The molecule has 100 valence electrons. The normalized spacial score (nSPS) is 14.1. The Morgan fingerprint density at radius 3 is 2.33 bits per heavy atom. The molecule has 0 aliphatic heterocycles. The molecule has 2 N–H and O–H groups in total. The summed E-state index contributed by atoms with van der Waals surface area (Å²) >= 11 is 0. The van der Waals surface area contributed by atoms with Gasteiger partial charge in [0.15, 0.2) is 0 Å². The molecule has 1 heterocycles. The third kappa shape index (κ3) is 3.91. The van der Waals surface area contributed by atoms with E-state index in [1.54, 1.807) is 18.4 Å². The van der Waals surface area contributed by atoms with Gasteiger partial charge >= 0.3 is 0 Å². The molecule has 0 unspecified atom stereocenters. The molecule has 5 nitrogen and oxygen atoms in total. The number of hydrogen-bond donors (Lipinski definition) is 2. The quantitative estimate of drug-likeness (QED) is 0.836. The number of carbonyl (C=O) groups excluding carboxylic acids is 2. The molecule has 0 saturated heterocycles. The second kappa shape index (κ2) is 6.23. The van der Waals surface area contributed by atoms with Gasteiger partial charge in [0.25, 0.3) is 0 Å². The van der Waals surface area contributed by atoms with Crippen molar-refractivity contribution in [1.29, 1.82) is 0 Å². The highest BCUT2D eigenvalue weighted by Crippen LogP contribution is 2.13. The Hall–Kier alpha value is -1.78. The molecule has 0 radical (unpaired) electrons. The van der Waals surface area contributed by atoms with E-state index in [4.69, 9.17) is 4.42 Å². The van der Waals surface area contributed by atoms with Crippen molar-refractivity contribution in [3.63, 3.8) is 0 Å². The first-order chi connectivity index (χ1) is 8.41. The molecule has 0 fully saturated rings. The smallest absolute Gasteiger partial charge is 0.243 e. The third-order valence-electron chi connectivity index (χ3n) is 2.64.